The number of anilines is 1. The third kappa shape index (κ3) is 3.18. The van der Waals surface area contributed by atoms with Crippen molar-refractivity contribution in [2.45, 2.75) is 33.6 Å². The van der Waals surface area contributed by atoms with E-state index < -0.39 is 11.8 Å². The highest BCUT2D eigenvalue weighted by atomic mass is 16.2. The molecule has 1 aromatic carbocycles. The van der Waals surface area contributed by atoms with Crippen molar-refractivity contribution in [2.24, 2.45) is 5.92 Å². The highest BCUT2D eigenvalue weighted by Gasteiger charge is 2.26. The Kier molecular flexibility index (Phi) is 4.42. The summed E-state index contributed by atoms with van der Waals surface area (Å²) >= 11 is 0. The van der Waals surface area contributed by atoms with Gasteiger partial charge in [-0.05, 0) is 43.7 Å². The minimum atomic E-state index is -0.531. The normalized spacial score (nSPS) is 18.8. The van der Waals surface area contributed by atoms with E-state index in [2.05, 4.69) is 12.2 Å². The van der Waals surface area contributed by atoms with Gasteiger partial charge in [0, 0.05) is 18.8 Å². The van der Waals surface area contributed by atoms with Crippen LogP contribution in [-0.2, 0) is 9.59 Å². The number of rotatable bonds is 1. The molecule has 1 heterocycles. The highest BCUT2D eigenvalue weighted by molar-refractivity contribution is 6.39. The zero-order valence-corrected chi connectivity index (χ0v) is 12.4. The fraction of sp³-hybridized carbons (Fsp3) is 0.500. The van der Waals surface area contributed by atoms with E-state index in [0.717, 1.165) is 29.7 Å². The summed E-state index contributed by atoms with van der Waals surface area (Å²) in [7, 11) is 0. The molecule has 1 fully saturated rings. The minimum Gasteiger partial charge on any atom is -0.334 e. The molecule has 2 amide bonds. The topological polar surface area (TPSA) is 49.4 Å². The molecule has 0 aromatic heterocycles. The lowest BCUT2D eigenvalue weighted by Gasteiger charge is -2.30. The molecule has 4 heteroatoms. The Hall–Kier alpha value is -1.84. The number of carbonyl (C=O) groups is 2. The van der Waals surface area contributed by atoms with Crippen LogP contribution in [0.4, 0.5) is 5.69 Å². The third-order valence-corrected chi connectivity index (χ3v) is 3.86. The van der Waals surface area contributed by atoms with Crippen LogP contribution < -0.4 is 5.32 Å². The molecule has 1 aliphatic heterocycles. The van der Waals surface area contributed by atoms with Crippen molar-refractivity contribution in [1.82, 2.24) is 4.90 Å². The summed E-state index contributed by atoms with van der Waals surface area (Å²) in [6, 6.07) is 5.79. The Labute approximate surface area is 120 Å². The van der Waals surface area contributed by atoms with Gasteiger partial charge in [-0.25, -0.2) is 0 Å². The second kappa shape index (κ2) is 6.07. The zero-order chi connectivity index (χ0) is 14.7. The van der Waals surface area contributed by atoms with E-state index in [4.69, 9.17) is 0 Å². The maximum Gasteiger partial charge on any atom is 0.313 e. The average molecular weight is 274 g/mol. The van der Waals surface area contributed by atoms with Gasteiger partial charge in [-0.2, -0.15) is 0 Å². The van der Waals surface area contributed by atoms with Crippen molar-refractivity contribution >= 4 is 17.5 Å². The molecule has 0 saturated carbocycles. The Bertz CT molecular complexity index is 505. The molecule has 0 spiro atoms. The molecule has 4 nitrogen and oxygen atoms in total. The number of benzene rings is 1. The monoisotopic (exact) mass is 274 g/mol. The highest BCUT2D eigenvalue weighted by Crippen LogP contribution is 2.20. The number of nitrogens with one attached hydrogen (secondary N) is 1. The molecule has 0 radical (unpaired) electrons. The molecular weight excluding hydrogens is 252 g/mol. The Morgan fingerprint density at radius 3 is 2.50 bits per heavy atom. The number of carbonyl (C=O) groups excluding carboxylic acids is 2. The first kappa shape index (κ1) is 14.6. The van der Waals surface area contributed by atoms with Crippen LogP contribution in [0.2, 0.25) is 0 Å². The van der Waals surface area contributed by atoms with Gasteiger partial charge in [-0.3, -0.25) is 9.59 Å². The van der Waals surface area contributed by atoms with Gasteiger partial charge in [0.25, 0.3) is 0 Å². The van der Waals surface area contributed by atoms with E-state index >= 15 is 0 Å². The summed E-state index contributed by atoms with van der Waals surface area (Å²) in [4.78, 5) is 26.0. The number of hydrogen-bond donors (Lipinski definition) is 1. The second-order valence-electron chi connectivity index (χ2n) is 5.72. The van der Waals surface area contributed by atoms with Gasteiger partial charge in [0.15, 0.2) is 0 Å². The van der Waals surface area contributed by atoms with E-state index in [0.29, 0.717) is 19.0 Å². The number of piperidine rings is 1. The van der Waals surface area contributed by atoms with Crippen molar-refractivity contribution in [3.63, 3.8) is 0 Å². The van der Waals surface area contributed by atoms with Crippen LogP contribution in [0.3, 0.4) is 0 Å². The summed E-state index contributed by atoms with van der Waals surface area (Å²) in [5.74, 6) is -0.476. The van der Waals surface area contributed by atoms with Crippen LogP contribution in [0.5, 0.6) is 0 Å². The number of amides is 2. The molecule has 1 unspecified atom stereocenters. The Morgan fingerprint density at radius 2 is 1.90 bits per heavy atom. The largest absolute Gasteiger partial charge is 0.334 e. The first-order valence-corrected chi connectivity index (χ1v) is 7.15. The van der Waals surface area contributed by atoms with E-state index in [1.807, 2.05) is 32.0 Å². The van der Waals surface area contributed by atoms with Crippen LogP contribution in [0, 0.1) is 19.8 Å². The van der Waals surface area contributed by atoms with Crippen LogP contribution in [0.25, 0.3) is 0 Å². The molecule has 1 aliphatic rings. The Morgan fingerprint density at radius 1 is 1.25 bits per heavy atom. The quantitative estimate of drug-likeness (QED) is 0.800. The van der Waals surface area contributed by atoms with Crippen molar-refractivity contribution in [1.29, 1.82) is 0 Å². The zero-order valence-electron chi connectivity index (χ0n) is 12.4. The predicted molar refractivity (Wildman–Crippen MR) is 79.5 cm³/mol. The van der Waals surface area contributed by atoms with Crippen LogP contribution >= 0.6 is 0 Å². The van der Waals surface area contributed by atoms with Gasteiger partial charge in [0.1, 0.15) is 0 Å². The van der Waals surface area contributed by atoms with E-state index in [1.165, 1.54) is 0 Å². The van der Waals surface area contributed by atoms with E-state index in [1.54, 1.807) is 4.90 Å². The van der Waals surface area contributed by atoms with Crippen LogP contribution in [-0.4, -0.2) is 29.8 Å². The third-order valence-electron chi connectivity index (χ3n) is 3.86. The lowest BCUT2D eigenvalue weighted by Crippen LogP contribution is -2.44. The fourth-order valence-corrected chi connectivity index (χ4v) is 2.70. The molecular formula is C16H22N2O2. The summed E-state index contributed by atoms with van der Waals surface area (Å²) in [6.07, 6.45) is 2.10. The molecule has 1 N–H and O–H groups in total. The lowest BCUT2D eigenvalue weighted by molar-refractivity contribution is -0.144. The standard InChI is InChI=1S/C16H22N2O2/c1-11-6-5-9-18(10-11)16(20)15(19)17-14-12(2)7-4-8-13(14)3/h4,7-8,11H,5-6,9-10H2,1-3H3,(H,17,19). The van der Waals surface area contributed by atoms with Crippen molar-refractivity contribution in [3.8, 4) is 0 Å². The maximum absolute atomic E-state index is 12.2. The van der Waals surface area contributed by atoms with Crippen molar-refractivity contribution in [3.05, 3.63) is 29.3 Å². The number of likely N-dealkylation sites (tertiary alicyclic amines) is 1. The molecule has 0 bridgehead atoms. The first-order valence-electron chi connectivity index (χ1n) is 7.15. The summed E-state index contributed by atoms with van der Waals surface area (Å²) in [6.45, 7) is 7.33. The molecule has 108 valence electrons. The van der Waals surface area contributed by atoms with Gasteiger partial charge in [-0.1, -0.05) is 25.1 Å². The van der Waals surface area contributed by atoms with Crippen LogP contribution in [0.15, 0.2) is 18.2 Å². The van der Waals surface area contributed by atoms with Crippen molar-refractivity contribution < 1.29 is 9.59 Å². The Balaban J connectivity index is 2.06. The average Bonchev–Trinajstić information content (AvgIpc) is 2.42. The van der Waals surface area contributed by atoms with Gasteiger partial charge in [0.05, 0.1) is 0 Å². The summed E-state index contributed by atoms with van der Waals surface area (Å²) in [5.41, 5.74) is 2.69. The molecule has 2 rings (SSSR count). The lowest BCUT2D eigenvalue weighted by atomic mass is 10.0. The summed E-state index contributed by atoms with van der Waals surface area (Å²) in [5, 5.41) is 2.76. The number of hydrogen-bond acceptors (Lipinski definition) is 2. The second-order valence-corrected chi connectivity index (χ2v) is 5.72. The minimum absolute atomic E-state index is 0.417. The van der Waals surface area contributed by atoms with E-state index in [9.17, 15) is 9.59 Å². The number of nitrogens with zero attached hydrogens (tertiary/aromatic N) is 1. The molecule has 1 saturated heterocycles. The number of aryl methyl sites for hydroxylation is 2. The van der Waals surface area contributed by atoms with Crippen molar-refractivity contribution in [2.75, 3.05) is 18.4 Å². The van der Waals surface area contributed by atoms with E-state index in [-0.39, 0.29) is 0 Å². The fourth-order valence-electron chi connectivity index (χ4n) is 2.70. The van der Waals surface area contributed by atoms with Gasteiger partial charge in [0.2, 0.25) is 0 Å². The van der Waals surface area contributed by atoms with Gasteiger partial charge >= 0.3 is 11.8 Å². The first-order chi connectivity index (χ1) is 9.49. The molecule has 0 aliphatic carbocycles. The summed E-state index contributed by atoms with van der Waals surface area (Å²) < 4.78 is 0. The van der Waals surface area contributed by atoms with Gasteiger partial charge in [-0.15, -0.1) is 0 Å². The molecule has 1 atom stereocenters. The van der Waals surface area contributed by atoms with Gasteiger partial charge < -0.3 is 10.2 Å². The van der Waals surface area contributed by atoms with Crippen LogP contribution in [0.1, 0.15) is 30.9 Å². The SMILES string of the molecule is Cc1cccc(C)c1NC(=O)C(=O)N1CCCC(C)C1. The maximum atomic E-state index is 12.2. The predicted octanol–water partition coefficient (Wildman–Crippen LogP) is 2.50. The molecule has 20 heavy (non-hydrogen) atoms. The smallest absolute Gasteiger partial charge is 0.313 e. The molecule has 1 aromatic rings. The number of para-hydroxylation sites is 1.